The normalized spacial score (nSPS) is 11.7. The third kappa shape index (κ3) is 6.52. The summed E-state index contributed by atoms with van der Waals surface area (Å²) in [7, 11) is 0. The van der Waals surface area contributed by atoms with Crippen LogP contribution in [0.1, 0.15) is 11.1 Å². The van der Waals surface area contributed by atoms with Crippen molar-refractivity contribution >= 4 is 99.5 Å². The molecule has 0 amide bonds. The van der Waals surface area contributed by atoms with Gasteiger partial charge in [0.15, 0.2) is 0 Å². The van der Waals surface area contributed by atoms with E-state index in [0.29, 0.717) is 0 Å². The van der Waals surface area contributed by atoms with Crippen molar-refractivity contribution in [2.75, 3.05) is 9.80 Å². The van der Waals surface area contributed by atoms with Crippen molar-refractivity contribution < 1.29 is 8.83 Å². The number of hydrogen-bond donors (Lipinski definition) is 0. The van der Waals surface area contributed by atoms with Crippen molar-refractivity contribution in [3.63, 3.8) is 0 Å². The molecule has 0 radical (unpaired) electrons. The van der Waals surface area contributed by atoms with Crippen LogP contribution in [0.2, 0.25) is 0 Å². The summed E-state index contributed by atoms with van der Waals surface area (Å²) < 4.78 is 13.7. The van der Waals surface area contributed by atoms with Crippen LogP contribution in [0.25, 0.3) is 87.7 Å². The second kappa shape index (κ2) is 15.9. The molecule has 13 aromatic rings. The molecule has 0 aliphatic rings. The molecule has 13 rings (SSSR count). The molecule has 0 aliphatic carbocycles. The van der Waals surface area contributed by atoms with Crippen LogP contribution in [0.3, 0.4) is 0 Å². The highest BCUT2D eigenvalue weighted by Gasteiger charge is 2.23. The van der Waals surface area contributed by atoms with Crippen LogP contribution in [-0.2, 0) is 0 Å². The lowest BCUT2D eigenvalue weighted by Crippen LogP contribution is -2.12. The van der Waals surface area contributed by atoms with Gasteiger partial charge in [0.05, 0.1) is 16.8 Å². The molecule has 322 valence electrons. The Kier molecular flexibility index (Phi) is 9.26. The number of hydrogen-bond acceptors (Lipinski definition) is 4. The molecular weight excluding hydrogens is 829 g/mol. The molecule has 11 aromatic carbocycles. The first-order valence-corrected chi connectivity index (χ1v) is 23.2. The fourth-order valence-electron chi connectivity index (χ4n) is 10.3. The van der Waals surface area contributed by atoms with Gasteiger partial charge in [0.25, 0.3) is 0 Å². The summed E-state index contributed by atoms with van der Waals surface area (Å²) in [5, 5.41) is 8.66. The molecule has 0 saturated carbocycles. The van der Waals surface area contributed by atoms with E-state index >= 15 is 0 Å². The zero-order valence-corrected chi connectivity index (χ0v) is 37.7. The Morgan fingerprint density at radius 3 is 1.29 bits per heavy atom. The van der Waals surface area contributed by atoms with E-state index in [2.05, 4.69) is 254 Å². The van der Waals surface area contributed by atoms with Gasteiger partial charge in [0.1, 0.15) is 22.3 Å². The minimum absolute atomic E-state index is 0.804. The highest BCUT2D eigenvalue weighted by Crippen LogP contribution is 2.47. The second-order valence-electron chi connectivity index (χ2n) is 17.8. The SMILES string of the molecule is Cc1ccccc1N(c1ccc2cc3c(cc2c1)oc1c3ccc2oc3cc4cc(N(c5ccccc5C)c5ccccc5-c5ccccc5)ccc4cc3c21)c1ccccc1-c1ccccc1. The molecule has 0 bridgehead atoms. The first-order valence-electron chi connectivity index (χ1n) is 23.2. The summed E-state index contributed by atoms with van der Waals surface area (Å²) in [6, 6.07) is 82.5. The van der Waals surface area contributed by atoms with Crippen LogP contribution in [0, 0.1) is 13.8 Å². The van der Waals surface area contributed by atoms with Crippen molar-refractivity contribution in [2.45, 2.75) is 13.8 Å². The van der Waals surface area contributed by atoms with Gasteiger partial charge in [-0.3, -0.25) is 0 Å². The van der Waals surface area contributed by atoms with Crippen LogP contribution in [0.5, 0.6) is 0 Å². The van der Waals surface area contributed by atoms with Crippen LogP contribution < -0.4 is 9.80 Å². The maximum absolute atomic E-state index is 6.95. The molecule has 0 fully saturated rings. The predicted molar refractivity (Wildman–Crippen MR) is 286 cm³/mol. The number of anilines is 6. The van der Waals surface area contributed by atoms with E-state index in [1.807, 2.05) is 0 Å². The smallest absolute Gasteiger partial charge is 0.147 e. The monoisotopic (exact) mass is 872 g/mol. The molecule has 0 atom stereocenters. The van der Waals surface area contributed by atoms with Gasteiger partial charge in [-0.25, -0.2) is 0 Å². The second-order valence-corrected chi connectivity index (χ2v) is 17.8. The van der Waals surface area contributed by atoms with Crippen molar-refractivity contribution in [2.24, 2.45) is 0 Å². The fraction of sp³-hybridized carbons (Fsp3) is 0.0312. The zero-order chi connectivity index (χ0) is 45.3. The maximum atomic E-state index is 6.95. The Morgan fingerprint density at radius 2 is 0.765 bits per heavy atom. The maximum Gasteiger partial charge on any atom is 0.147 e. The fourth-order valence-corrected chi connectivity index (χ4v) is 10.3. The summed E-state index contributed by atoms with van der Waals surface area (Å²) in [6.07, 6.45) is 0. The Labute approximate surface area is 394 Å². The van der Waals surface area contributed by atoms with E-state index in [4.69, 9.17) is 8.83 Å². The van der Waals surface area contributed by atoms with Crippen LogP contribution in [-0.4, -0.2) is 0 Å². The van der Waals surface area contributed by atoms with Gasteiger partial charge in [-0.2, -0.15) is 0 Å². The molecule has 0 spiro atoms. The van der Waals surface area contributed by atoms with E-state index in [0.717, 1.165) is 99.5 Å². The number of furan rings is 2. The van der Waals surface area contributed by atoms with Crippen molar-refractivity contribution in [1.29, 1.82) is 0 Å². The number of aryl methyl sites for hydroxylation is 2. The largest absolute Gasteiger partial charge is 0.456 e. The average molecular weight is 873 g/mol. The Balaban J connectivity index is 0.938. The zero-order valence-electron chi connectivity index (χ0n) is 37.7. The summed E-state index contributed by atoms with van der Waals surface area (Å²) in [5.41, 5.74) is 17.0. The Morgan fingerprint density at radius 1 is 0.309 bits per heavy atom. The average Bonchev–Trinajstić information content (AvgIpc) is 3.94. The lowest BCUT2D eigenvalue weighted by Gasteiger charge is -2.29. The van der Waals surface area contributed by atoms with Crippen molar-refractivity contribution in [3.8, 4) is 22.3 Å². The molecule has 2 heterocycles. The minimum Gasteiger partial charge on any atom is -0.456 e. The van der Waals surface area contributed by atoms with Gasteiger partial charge < -0.3 is 18.6 Å². The molecule has 4 heteroatoms. The minimum atomic E-state index is 0.804. The van der Waals surface area contributed by atoms with E-state index in [9.17, 15) is 0 Å². The van der Waals surface area contributed by atoms with Crippen LogP contribution in [0.15, 0.2) is 239 Å². The van der Waals surface area contributed by atoms with Crippen molar-refractivity contribution in [3.05, 3.63) is 242 Å². The lowest BCUT2D eigenvalue weighted by atomic mass is 10.00. The standard InChI is InChI=1S/C64H44N2O2/c1-41-17-9-13-25-56(41)65(58-27-15-11-23-51(58)43-19-5-3-6-20-43)49-31-29-45-37-54-53-33-34-60-63(64(53)68-61(54)39-47(45)35-49)55-38-46-30-32-50(36-48(46)40-62(55)67-60)66(57-26-14-10-18-42(57)2)59-28-16-12-24-52(59)44-21-7-4-8-22-44/h3-40H,1-2H3. The summed E-state index contributed by atoms with van der Waals surface area (Å²) in [4.78, 5) is 4.77. The van der Waals surface area contributed by atoms with Gasteiger partial charge in [0, 0.05) is 50.0 Å². The number of fused-ring (bicyclic) bond motifs is 9. The van der Waals surface area contributed by atoms with E-state index < -0.39 is 0 Å². The molecule has 0 aliphatic heterocycles. The third-order valence-corrected chi connectivity index (χ3v) is 13.6. The summed E-state index contributed by atoms with van der Waals surface area (Å²) >= 11 is 0. The topological polar surface area (TPSA) is 32.8 Å². The molecular formula is C64H44N2O2. The van der Waals surface area contributed by atoms with E-state index in [1.54, 1.807) is 0 Å². The van der Waals surface area contributed by atoms with Gasteiger partial charge in [-0.05, 0) is 143 Å². The van der Waals surface area contributed by atoms with E-state index in [1.165, 1.54) is 33.4 Å². The van der Waals surface area contributed by atoms with Gasteiger partial charge >= 0.3 is 0 Å². The lowest BCUT2D eigenvalue weighted by molar-refractivity contribution is 0.663. The molecule has 0 N–H and O–H groups in total. The molecule has 68 heavy (non-hydrogen) atoms. The van der Waals surface area contributed by atoms with Crippen LogP contribution in [0.4, 0.5) is 34.1 Å². The van der Waals surface area contributed by atoms with E-state index in [-0.39, 0.29) is 0 Å². The number of para-hydroxylation sites is 4. The number of rotatable bonds is 8. The summed E-state index contributed by atoms with van der Waals surface area (Å²) in [6.45, 7) is 4.36. The van der Waals surface area contributed by atoms with Gasteiger partial charge in [-0.1, -0.05) is 146 Å². The third-order valence-electron chi connectivity index (χ3n) is 13.6. The van der Waals surface area contributed by atoms with Gasteiger partial charge in [-0.15, -0.1) is 0 Å². The number of nitrogens with zero attached hydrogens (tertiary/aromatic N) is 2. The predicted octanol–water partition coefficient (Wildman–Crippen LogP) is 18.7. The molecule has 4 nitrogen and oxygen atoms in total. The molecule has 2 aromatic heterocycles. The van der Waals surface area contributed by atoms with Crippen molar-refractivity contribution in [1.82, 2.24) is 0 Å². The molecule has 0 unspecified atom stereocenters. The highest BCUT2D eigenvalue weighted by molar-refractivity contribution is 6.24. The Bertz CT molecular complexity index is 4070. The first kappa shape index (κ1) is 39.5. The highest BCUT2D eigenvalue weighted by atomic mass is 16.3. The first-order chi connectivity index (χ1) is 33.5. The van der Waals surface area contributed by atoms with Crippen LogP contribution >= 0.6 is 0 Å². The Hall–Kier alpha value is -8.86. The number of benzene rings is 11. The quantitative estimate of drug-likeness (QED) is 0.152. The summed E-state index contributed by atoms with van der Waals surface area (Å²) in [5.74, 6) is 0. The molecule has 0 saturated heterocycles. The van der Waals surface area contributed by atoms with Gasteiger partial charge in [0.2, 0.25) is 0 Å².